The molecule has 0 radical (unpaired) electrons. The molecule has 0 bridgehead atoms. The lowest BCUT2D eigenvalue weighted by molar-refractivity contribution is -0.112. The molecule has 0 aliphatic carbocycles. The van der Waals surface area contributed by atoms with Crippen LogP contribution in [0.5, 0.6) is 11.5 Å². The number of hydrogen-bond acceptors (Lipinski definition) is 6. The maximum absolute atomic E-state index is 12.7. The summed E-state index contributed by atoms with van der Waals surface area (Å²) in [5, 5.41) is 12.5. The summed E-state index contributed by atoms with van der Waals surface area (Å²) in [4.78, 5) is 24.2. The van der Waals surface area contributed by atoms with Gasteiger partial charge in [0, 0.05) is 9.26 Å². The van der Waals surface area contributed by atoms with E-state index in [1.807, 2.05) is 37.3 Å². The molecule has 0 atom stereocenters. The topological polar surface area (TPSA) is 97.7 Å². The van der Waals surface area contributed by atoms with Crippen molar-refractivity contribution in [1.29, 1.82) is 5.26 Å². The normalized spacial score (nSPS) is 10.8. The van der Waals surface area contributed by atoms with E-state index in [1.165, 1.54) is 25.3 Å². The summed E-state index contributed by atoms with van der Waals surface area (Å²) >= 11 is 8.73. The van der Waals surface area contributed by atoms with E-state index in [9.17, 15) is 14.9 Å². The largest absolute Gasteiger partial charge is 0.490 e. The van der Waals surface area contributed by atoms with Gasteiger partial charge in [-0.15, -0.1) is 0 Å². The Hall–Kier alpha value is -3.55. The predicted octanol–water partition coefficient (Wildman–Crippen LogP) is 6.25. The molecule has 7 nitrogen and oxygen atoms in total. The Morgan fingerprint density at radius 3 is 2.39 bits per heavy atom. The van der Waals surface area contributed by atoms with Gasteiger partial charge in [-0.2, -0.15) is 5.26 Å². The first kappa shape index (κ1) is 27.0. The molecule has 9 heteroatoms. The molecule has 3 aromatic rings. The van der Waals surface area contributed by atoms with Gasteiger partial charge in [0.1, 0.15) is 18.2 Å². The molecule has 36 heavy (non-hydrogen) atoms. The second-order valence-electron chi connectivity index (χ2n) is 7.37. The van der Waals surface area contributed by atoms with Crippen molar-refractivity contribution in [2.75, 3.05) is 19.0 Å². The van der Waals surface area contributed by atoms with Gasteiger partial charge in [0.05, 0.1) is 24.3 Å². The van der Waals surface area contributed by atoms with E-state index in [2.05, 4.69) is 32.6 Å². The van der Waals surface area contributed by atoms with Gasteiger partial charge < -0.3 is 19.5 Å². The van der Waals surface area contributed by atoms with E-state index in [-0.39, 0.29) is 10.6 Å². The minimum Gasteiger partial charge on any atom is -0.490 e. The van der Waals surface area contributed by atoms with Crippen LogP contribution in [0.15, 0.2) is 66.2 Å². The summed E-state index contributed by atoms with van der Waals surface area (Å²) in [7, 11) is 1.29. The minimum atomic E-state index is -0.614. The van der Waals surface area contributed by atoms with Crippen molar-refractivity contribution in [3.63, 3.8) is 0 Å². The zero-order valence-electron chi connectivity index (χ0n) is 19.5. The SMILES string of the molecule is CCOc1cc(/C=C(\C#N)C(=O)Nc2ccc(C(=O)OC)cc2)cc(Cl)c1OCc1ccc(I)cc1. The summed E-state index contributed by atoms with van der Waals surface area (Å²) in [5.74, 6) is -0.324. The Morgan fingerprint density at radius 2 is 1.78 bits per heavy atom. The van der Waals surface area contributed by atoms with Gasteiger partial charge >= 0.3 is 5.97 Å². The van der Waals surface area contributed by atoms with E-state index >= 15 is 0 Å². The summed E-state index contributed by atoms with van der Waals surface area (Å²) < 4.78 is 17.4. The first-order valence-electron chi connectivity index (χ1n) is 10.8. The van der Waals surface area contributed by atoms with Gasteiger partial charge in [-0.05, 0) is 95.2 Å². The van der Waals surface area contributed by atoms with Crippen LogP contribution in [0, 0.1) is 14.9 Å². The number of nitrogens with zero attached hydrogens (tertiary/aromatic N) is 1. The van der Waals surface area contributed by atoms with Crippen LogP contribution in [0.1, 0.15) is 28.4 Å². The molecule has 1 N–H and O–H groups in total. The first-order chi connectivity index (χ1) is 17.3. The molecule has 0 spiro atoms. The Bertz CT molecular complexity index is 1320. The zero-order chi connectivity index (χ0) is 26.1. The maximum atomic E-state index is 12.7. The molecule has 0 heterocycles. The highest BCUT2D eigenvalue weighted by molar-refractivity contribution is 14.1. The zero-order valence-corrected chi connectivity index (χ0v) is 22.4. The number of anilines is 1. The first-order valence-corrected chi connectivity index (χ1v) is 12.2. The Labute approximate surface area is 227 Å². The molecule has 184 valence electrons. The van der Waals surface area contributed by atoms with E-state index in [0.717, 1.165) is 9.13 Å². The molecule has 0 aromatic heterocycles. The number of ether oxygens (including phenoxy) is 3. The fourth-order valence-corrected chi connectivity index (χ4v) is 3.76. The van der Waals surface area contributed by atoms with Crippen molar-refractivity contribution in [2.24, 2.45) is 0 Å². The van der Waals surface area contributed by atoms with E-state index in [0.29, 0.717) is 41.5 Å². The number of nitrogens with one attached hydrogen (secondary N) is 1. The molecule has 3 rings (SSSR count). The molecule has 3 aromatic carbocycles. The second-order valence-corrected chi connectivity index (χ2v) is 9.02. The van der Waals surface area contributed by atoms with Crippen molar-refractivity contribution in [3.8, 4) is 17.6 Å². The van der Waals surface area contributed by atoms with Crippen LogP contribution in [-0.2, 0) is 16.1 Å². The molecule has 0 aliphatic rings. The number of benzene rings is 3. The molecule has 0 saturated heterocycles. The van der Waals surface area contributed by atoms with Crippen LogP contribution in [0.4, 0.5) is 5.69 Å². The quantitative estimate of drug-likeness (QED) is 0.132. The predicted molar refractivity (Wildman–Crippen MR) is 146 cm³/mol. The van der Waals surface area contributed by atoms with Crippen molar-refractivity contribution < 1.29 is 23.8 Å². The van der Waals surface area contributed by atoms with Crippen LogP contribution in [0.3, 0.4) is 0 Å². The monoisotopic (exact) mass is 616 g/mol. The number of carbonyl (C=O) groups excluding carboxylic acids is 2. The Kier molecular flexibility index (Phi) is 9.73. The minimum absolute atomic E-state index is 0.141. The van der Waals surface area contributed by atoms with Crippen LogP contribution in [0.2, 0.25) is 5.02 Å². The van der Waals surface area contributed by atoms with E-state index < -0.39 is 11.9 Å². The number of nitriles is 1. The van der Waals surface area contributed by atoms with Gasteiger partial charge in [0.2, 0.25) is 0 Å². The number of halogens is 2. The fourth-order valence-electron chi connectivity index (χ4n) is 3.13. The standard InChI is InChI=1S/C27H22ClIN2O5/c1-3-35-24-14-18(13-23(28)25(24)36-16-17-4-8-21(29)9-5-17)12-20(15-30)26(32)31-22-10-6-19(7-11-22)27(33)34-2/h4-14H,3,16H2,1-2H3,(H,31,32)/b20-12+. The van der Waals surface area contributed by atoms with Crippen molar-refractivity contribution in [1.82, 2.24) is 0 Å². The Balaban J connectivity index is 1.80. The van der Waals surface area contributed by atoms with E-state index in [1.54, 1.807) is 24.3 Å². The summed E-state index contributed by atoms with van der Waals surface area (Å²) in [6, 6.07) is 19.2. The van der Waals surface area contributed by atoms with Crippen molar-refractivity contribution in [3.05, 3.63) is 91.5 Å². The average molecular weight is 617 g/mol. The number of amides is 1. The van der Waals surface area contributed by atoms with E-state index in [4.69, 9.17) is 21.1 Å². The molecule has 0 fully saturated rings. The maximum Gasteiger partial charge on any atom is 0.337 e. The van der Waals surface area contributed by atoms with Gasteiger partial charge in [-0.3, -0.25) is 4.79 Å². The van der Waals surface area contributed by atoms with Crippen LogP contribution in [0.25, 0.3) is 6.08 Å². The third-order valence-electron chi connectivity index (χ3n) is 4.87. The van der Waals surface area contributed by atoms with Crippen LogP contribution in [-0.4, -0.2) is 25.6 Å². The molecular weight excluding hydrogens is 595 g/mol. The third kappa shape index (κ3) is 7.23. The number of hydrogen-bond donors (Lipinski definition) is 1. The van der Waals surface area contributed by atoms with Gasteiger partial charge in [0.15, 0.2) is 11.5 Å². The van der Waals surface area contributed by atoms with Gasteiger partial charge in [-0.25, -0.2) is 4.79 Å². The number of methoxy groups -OCH3 is 1. The lowest BCUT2D eigenvalue weighted by atomic mass is 10.1. The lowest BCUT2D eigenvalue weighted by Crippen LogP contribution is -2.13. The highest BCUT2D eigenvalue weighted by Gasteiger charge is 2.15. The van der Waals surface area contributed by atoms with Crippen LogP contribution < -0.4 is 14.8 Å². The highest BCUT2D eigenvalue weighted by atomic mass is 127. The number of rotatable bonds is 9. The summed E-state index contributed by atoms with van der Waals surface area (Å²) in [6.07, 6.45) is 1.41. The molecule has 1 amide bonds. The number of carbonyl (C=O) groups is 2. The Morgan fingerprint density at radius 1 is 1.08 bits per heavy atom. The molecule has 0 saturated carbocycles. The van der Waals surface area contributed by atoms with Crippen molar-refractivity contribution in [2.45, 2.75) is 13.5 Å². The van der Waals surface area contributed by atoms with Gasteiger partial charge in [0.25, 0.3) is 5.91 Å². The second kappa shape index (κ2) is 13.0. The molecule has 0 unspecified atom stereocenters. The molecular formula is C27H22ClIN2O5. The smallest absolute Gasteiger partial charge is 0.337 e. The fraction of sp³-hybridized carbons (Fsp3) is 0.148. The van der Waals surface area contributed by atoms with Gasteiger partial charge in [-0.1, -0.05) is 23.7 Å². The molecule has 0 aliphatic heterocycles. The van der Waals surface area contributed by atoms with Crippen molar-refractivity contribution >= 4 is 57.8 Å². The lowest BCUT2D eigenvalue weighted by Gasteiger charge is -2.15. The highest BCUT2D eigenvalue weighted by Crippen LogP contribution is 2.38. The number of esters is 1. The summed E-state index contributed by atoms with van der Waals surface area (Å²) in [5.41, 5.74) is 2.09. The van der Waals surface area contributed by atoms with Crippen LogP contribution >= 0.6 is 34.2 Å². The third-order valence-corrected chi connectivity index (χ3v) is 5.87. The summed E-state index contributed by atoms with van der Waals surface area (Å²) in [6.45, 7) is 2.50. The average Bonchev–Trinajstić information content (AvgIpc) is 2.88.